The summed E-state index contributed by atoms with van der Waals surface area (Å²) in [6.07, 6.45) is 0. The first-order chi connectivity index (χ1) is 7.45. The molecule has 6 nitrogen and oxygen atoms in total. The predicted octanol–water partition coefficient (Wildman–Crippen LogP) is -0.773. The molecule has 1 heterocycles. The largest absolute Gasteiger partial charge is 0.480 e. The highest BCUT2D eigenvalue weighted by Crippen LogP contribution is 2.17. The van der Waals surface area contributed by atoms with Crippen molar-refractivity contribution >= 4 is 29.4 Å². The first-order valence-corrected chi connectivity index (χ1v) is 5.29. The second kappa shape index (κ2) is 5.16. The molecule has 0 unspecified atom stereocenters. The zero-order chi connectivity index (χ0) is 12.3. The maximum atomic E-state index is 11.6. The van der Waals surface area contributed by atoms with Crippen LogP contribution in [0.4, 0.5) is 0 Å². The van der Waals surface area contributed by atoms with Crippen molar-refractivity contribution in [2.24, 2.45) is 5.92 Å². The summed E-state index contributed by atoms with van der Waals surface area (Å²) in [5.41, 5.74) is 0. The normalized spacial score (nSPS) is 15.5. The van der Waals surface area contributed by atoms with Crippen LogP contribution in [0.3, 0.4) is 0 Å². The molecule has 1 aliphatic heterocycles. The van der Waals surface area contributed by atoms with E-state index in [9.17, 15) is 14.4 Å². The number of halogens is 1. The van der Waals surface area contributed by atoms with Crippen LogP contribution in [0.25, 0.3) is 0 Å². The average Bonchev–Trinajstić information content (AvgIpc) is 2.13. The van der Waals surface area contributed by atoms with Gasteiger partial charge < -0.3 is 14.9 Å². The van der Waals surface area contributed by atoms with Crippen LogP contribution in [0, 0.1) is 5.92 Å². The maximum Gasteiger partial charge on any atom is 0.323 e. The molecular formula is C9H13ClN2O4. The quantitative estimate of drug-likeness (QED) is 0.663. The Bertz CT molecular complexity index is 315. The monoisotopic (exact) mass is 248 g/mol. The Labute approximate surface area is 97.8 Å². The molecule has 16 heavy (non-hydrogen) atoms. The van der Waals surface area contributed by atoms with E-state index in [4.69, 9.17) is 16.7 Å². The molecule has 90 valence electrons. The van der Waals surface area contributed by atoms with Crippen molar-refractivity contribution in [3.05, 3.63) is 0 Å². The number of hydrogen-bond acceptors (Lipinski definition) is 3. The van der Waals surface area contributed by atoms with Gasteiger partial charge in [-0.05, 0) is 0 Å². The molecule has 1 N–H and O–H groups in total. The highest BCUT2D eigenvalue weighted by Gasteiger charge is 2.36. The van der Waals surface area contributed by atoms with Gasteiger partial charge in [-0.25, -0.2) is 0 Å². The van der Waals surface area contributed by atoms with Crippen LogP contribution in [0.15, 0.2) is 0 Å². The smallest absolute Gasteiger partial charge is 0.323 e. The first kappa shape index (κ1) is 12.8. The molecule has 2 amide bonds. The van der Waals surface area contributed by atoms with Gasteiger partial charge in [-0.1, -0.05) is 0 Å². The number of rotatable bonds is 4. The Kier molecular flexibility index (Phi) is 4.12. The van der Waals surface area contributed by atoms with E-state index < -0.39 is 5.97 Å². The molecule has 0 aliphatic carbocycles. The van der Waals surface area contributed by atoms with Crippen LogP contribution >= 0.6 is 11.6 Å². The van der Waals surface area contributed by atoms with E-state index in [0.29, 0.717) is 13.1 Å². The lowest BCUT2D eigenvalue weighted by Crippen LogP contribution is -2.56. The summed E-state index contributed by atoms with van der Waals surface area (Å²) in [6.45, 7) is 0.335. The van der Waals surface area contributed by atoms with E-state index in [1.807, 2.05) is 0 Å². The molecule has 0 aromatic rings. The van der Waals surface area contributed by atoms with Crippen molar-refractivity contribution < 1.29 is 19.5 Å². The zero-order valence-corrected chi connectivity index (χ0v) is 9.61. The van der Waals surface area contributed by atoms with Gasteiger partial charge in [-0.15, -0.1) is 11.6 Å². The summed E-state index contributed by atoms with van der Waals surface area (Å²) >= 11 is 5.35. The van der Waals surface area contributed by atoms with E-state index in [0.717, 1.165) is 4.90 Å². The number of carboxylic acids is 1. The number of hydrogen-bond donors (Lipinski definition) is 1. The third-order valence-electron chi connectivity index (χ3n) is 2.45. The molecule has 0 saturated carbocycles. The Morgan fingerprint density at radius 3 is 2.44 bits per heavy atom. The zero-order valence-electron chi connectivity index (χ0n) is 8.85. The number of carbonyl (C=O) groups is 3. The van der Waals surface area contributed by atoms with Gasteiger partial charge in [0.15, 0.2) is 0 Å². The van der Waals surface area contributed by atoms with Crippen LogP contribution in [0.5, 0.6) is 0 Å². The fourth-order valence-corrected chi connectivity index (χ4v) is 1.68. The van der Waals surface area contributed by atoms with Crippen LogP contribution < -0.4 is 0 Å². The summed E-state index contributed by atoms with van der Waals surface area (Å²) in [5.74, 6) is -1.89. The molecule has 1 aliphatic rings. The summed E-state index contributed by atoms with van der Waals surface area (Å²) < 4.78 is 0. The summed E-state index contributed by atoms with van der Waals surface area (Å²) in [7, 11) is 1.43. The third-order valence-corrected chi connectivity index (χ3v) is 2.68. The lowest BCUT2D eigenvalue weighted by molar-refractivity contribution is -0.151. The summed E-state index contributed by atoms with van der Waals surface area (Å²) in [4.78, 5) is 35.7. The number of aliphatic carboxylic acids is 1. The molecule has 0 bridgehead atoms. The van der Waals surface area contributed by atoms with Crippen LogP contribution in [0.2, 0.25) is 0 Å². The number of likely N-dealkylation sites (tertiary alicyclic amines) is 1. The van der Waals surface area contributed by atoms with Gasteiger partial charge >= 0.3 is 5.97 Å². The number of nitrogens with zero attached hydrogens (tertiary/aromatic N) is 2. The molecule has 1 rings (SSSR count). The Morgan fingerprint density at radius 2 is 2.00 bits per heavy atom. The molecule has 0 spiro atoms. The van der Waals surface area contributed by atoms with Crippen LogP contribution in [0.1, 0.15) is 0 Å². The van der Waals surface area contributed by atoms with Gasteiger partial charge in [0.05, 0.1) is 5.92 Å². The van der Waals surface area contributed by atoms with E-state index >= 15 is 0 Å². The minimum absolute atomic E-state index is 0.0914. The van der Waals surface area contributed by atoms with Gasteiger partial charge in [-0.3, -0.25) is 14.4 Å². The molecule has 1 saturated heterocycles. The molecule has 0 aromatic carbocycles. The van der Waals surface area contributed by atoms with Crippen LogP contribution in [-0.4, -0.2) is 65.3 Å². The van der Waals surface area contributed by atoms with E-state index in [1.54, 1.807) is 0 Å². The summed E-state index contributed by atoms with van der Waals surface area (Å²) in [6, 6.07) is 0. The first-order valence-electron chi connectivity index (χ1n) is 4.76. The van der Waals surface area contributed by atoms with E-state index in [-0.39, 0.29) is 30.2 Å². The highest BCUT2D eigenvalue weighted by atomic mass is 35.5. The van der Waals surface area contributed by atoms with Crippen molar-refractivity contribution in [3.8, 4) is 0 Å². The Morgan fingerprint density at radius 1 is 1.44 bits per heavy atom. The van der Waals surface area contributed by atoms with Crippen LogP contribution in [-0.2, 0) is 14.4 Å². The number of amides is 2. The topological polar surface area (TPSA) is 77.9 Å². The number of alkyl halides is 1. The fourth-order valence-electron chi connectivity index (χ4n) is 1.52. The maximum absolute atomic E-state index is 11.6. The Balaban J connectivity index is 2.37. The lowest BCUT2D eigenvalue weighted by atomic mass is 9.98. The van der Waals surface area contributed by atoms with Crippen molar-refractivity contribution in [1.29, 1.82) is 0 Å². The molecule has 0 aromatic heterocycles. The molecule has 1 fully saturated rings. The minimum Gasteiger partial charge on any atom is -0.480 e. The van der Waals surface area contributed by atoms with Gasteiger partial charge in [0.2, 0.25) is 11.8 Å². The van der Waals surface area contributed by atoms with Crippen molar-refractivity contribution in [1.82, 2.24) is 9.80 Å². The summed E-state index contributed by atoms with van der Waals surface area (Å²) in [5, 5.41) is 8.51. The second-order valence-electron chi connectivity index (χ2n) is 3.72. The second-order valence-corrected chi connectivity index (χ2v) is 3.98. The van der Waals surface area contributed by atoms with Gasteiger partial charge in [0.25, 0.3) is 0 Å². The standard InChI is InChI=1S/C9H13ClN2O4/c1-11(5-8(14)15)9(16)6-3-12(4-6)7(13)2-10/h6H,2-5H2,1H3,(H,14,15). The fraction of sp³-hybridized carbons (Fsp3) is 0.667. The Hall–Kier alpha value is -1.30. The van der Waals surface area contributed by atoms with E-state index in [2.05, 4.69) is 0 Å². The molecule has 7 heteroatoms. The van der Waals surface area contributed by atoms with Crippen molar-refractivity contribution in [2.45, 2.75) is 0 Å². The number of carbonyl (C=O) groups excluding carboxylic acids is 2. The average molecular weight is 249 g/mol. The number of carboxylic acid groups (broad SMARTS) is 1. The SMILES string of the molecule is CN(CC(=O)O)C(=O)C1CN(C(=O)CCl)C1. The molecule has 0 atom stereocenters. The molecule has 0 radical (unpaired) electrons. The number of likely N-dealkylation sites (N-methyl/N-ethyl adjacent to an activating group) is 1. The van der Waals surface area contributed by atoms with Gasteiger partial charge in [0.1, 0.15) is 12.4 Å². The minimum atomic E-state index is -1.05. The predicted molar refractivity (Wildman–Crippen MR) is 56.1 cm³/mol. The van der Waals surface area contributed by atoms with Crippen molar-refractivity contribution in [2.75, 3.05) is 32.6 Å². The van der Waals surface area contributed by atoms with Gasteiger partial charge in [0, 0.05) is 20.1 Å². The molecular weight excluding hydrogens is 236 g/mol. The lowest BCUT2D eigenvalue weighted by Gasteiger charge is -2.39. The van der Waals surface area contributed by atoms with Crippen molar-refractivity contribution in [3.63, 3.8) is 0 Å². The van der Waals surface area contributed by atoms with Gasteiger partial charge in [-0.2, -0.15) is 0 Å². The highest BCUT2D eigenvalue weighted by molar-refractivity contribution is 6.27. The third kappa shape index (κ3) is 2.85. The van der Waals surface area contributed by atoms with E-state index in [1.165, 1.54) is 11.9 Å².